The number of imide groups is 1. The maximum atomic E-state index is 12.8. The molecule has 3 rings (SSSR count). The lowest BCUT2D eigenvalue weighted by molar-refractivity contribution is -0.125. The van der Waals surface area contributed by atoms with E-state index in [1.807, 2.05) is 6.26 Å². The molecule has 0 saturated carbocycles. The Bertz CT molecular complexity index is 725. The van der Waals surface area contributed by atoms with Crippen LogP contribution in [0.25, 0.3) is 0 Å². The molecule has 1 atom stereocenters. The zero-order valence-corrected chi connectivity index (χ0v) is 16.5. The van der Waals surface area contributed by atoms with Crippen LogP contribution in [0.5, 0.6) is 0 Å². The van der Waals surface area contributed by atoms with Gasteiger partial charge in [0.2, 0.25) is 5.91 Å². The van der Waals surface area contributed by atoms with E-state index in [0.29, 0.717) is 29.8 Å². The van der Waals surface area contributed by atoms with Crippen LogP contribution in [0.3, 0.4) is 0 Å². The molecular formula is C21H26N2O3S. The number of nitrogens with one attached hydrogen (secondary N) is 1. The van der Waals surface area contributed by atoms with Crippen LogP contribution in [-0.4, -0.2) is 47.2 Å². The molecule has 0 spiro atoms. The molecule has 6 heteroatoms. The van der Waals surface area contributed by atoms with Gasteiger partial charge >= 0.3 is 0 Å². The van der Waals surface area contributed by atoms with Crippen LogP contribution in [0.1, 0.15) is 59.2 Å². The minimum absolute atomic E-state index is 0.241. The Labute approximate surface area is 164 Å². The maximum Gasteiger partial charge on any atom is 0.262 e. The van der Waals surface area contributed by atoms with Gasteiger partial charge in [0.1, 0.15) is 6.04 Å². The number of hydrogen-bond donors (Lipinski definition) is 1. The van der Waals surface area contributed by atoms with Crippen LogP contribution in [0.2, 0.25) is 0 Å². The zero-order chi connectivity index (χ0) is 19.2. The van der Waals surface area contributed by atoms with Crippen molar-refractivity contribution in [3.05, 3.63) is 47.0 Å². The van der Waals surface area contributed by atoms with Crippen molar-refractivity contribution in [3.63, 3.8) is 0 Å². The quantitative estimate of drug-likeness (QED) is 0.549. The zero-order valence-electron chi connectivity index (χ0n) is 15.7. The highest BCUT2D eigenvalue weighted by Crippen LogP contribution is 2.26. The summed E-state index contributed by atoms with van der Waals surface area (Å²) in [6.07, 6.45) is 10.2. The van der Waals surface area contributed by atoms with Gasteiger partial charge in [0.15, 0.2) is 0 Å². The van der Waals surface area contributed by atoms with Crippen LogP contribution in [0, 0.1) is 0 Å². The maximum absolute atomic E-state index is 12.8. The van der Waals surface area contributed by atoms with E-state index in [9.17, 15) is 14.4 Å². The van der Waals surface area contributed by atoms with Gasteiger partial charge in [0.25, 0.3) is 11.8 Å². The van der Waals surface area contributed by atoms with Crippen LogP contribution < -0.4 is 5.32 Å². The van der Waals surface area contributed by atoms with Crippen LogP contribution in [-0.2, 0) is 4.79 Å². The van der Waals surface area contributed by atoms with Crippen molar-refractivity contribution in [2.45, 2.75) is 44.6 Å². The number of hydrogen-bond acceptors (Lipinski definition) is 4. The van der Waals surface area contributed by atoms with Crippen molar-refractivity contribution in [2.75, 3.05) is 18.6 Å². The first kappa shape index (κ1) is 19.7. The second-order valence-electron chi connectivity index (χ2n) is 6.97. The molecule has 144 valence electrons. The molecule has 2 aliphatic rings. The molecule has 1 aliphatic carbocycles. The third kappa shape index (κ3) is 4.43. The Kier molecular flexibility index (Phi) is 6.72. The molecule has 1 heterocycles. The van der Waals surface area contributed by atoms with Gasteiger partial charge in [-0.2, -0.15) is 11.8 Å². The Morgan fingerprint density at radius 1 is 1.19 bits per heavy atom. The van der Waals surface area contributed by atoms with E-state index in [2.05, 4.69) is 11.4 Å². The number of carbonyl (C=O) groups excluding carboxylic acids is 3. The lowest BCUT2D eigenvalue weighted by Crippen LogP contribution is -2.50. The van der Waals surface area contributed by atoms with Crippen molar-refractivity contribution in [1.29, 1.82) is 0 Å². The summed E-state index contributed by atoms with van der Waals surface area (Å²) in [5, 5.41) is 2.95. The average molecular weight is 387 g/mol. The summed E-state index contributed by atoms with van der Waals surface area (Å²) < 4.78 is 0. The van der Waals surface area contributed by atoms with Crippen molar-refractivity contribution in [3.8, 4) is 0 Å². The minimum atomic E-state index is -0.759. The van der Waals surface area contributed by atoms with Gasteiger partial charge in [-0.15, -0.1) is 0 Å². The highest BCUT2D eigenvalue weighted by molar-refractivity contribution is 7.98. The van der Waals surface area contributed by atoms with Gasteiger partial charge in [-0.25, -0.2) is 0 Å². The third-order valence-corrected chi connectivity index (χ3v) is 5.81. The van der Waals surface area contributed by atoms with E-state index in [-0.39, 0.29) is 17.7 Å². The predicted octanol–water partition coefficient (Wildman–Crippen LogP) is 3.41. The topological polar surface area (TPSA) is 66.5 Å². The first-order valence-electron chi connectivity index (χ1n) is 9.55. The highest BCUT2D eigenvalue weighted by Gasteiger charge is 2.42. The van der Waals surface area contributed by atoms with Gasteiger partial charge in [-0.05, 0) is 62.7 Å². The molecule has 0 bridgehead atoms. The molecule has 0 radical (unpaired) electrons. The summed E-state index contributed by atoms with van der Waals surface area (Å²) in [7, 11) is 0. The van der Waals surface area contributed by atoms with Crippen molar-refractivity contribution in [1.82, 2.24) is 10.2 Å². The number of allylic oxidation sites excluding steroid dienone is 1. The first-order valence-corrected chi connectivity index (χ1v) is 10.9. The minimum Gasteiger partial charge on any atom is -0.354 e. The smallest absolute Gasteiger partial charge is 0.262 e. The summed E-state index contributed by atoms with van der Waals surface area (Å²) in [5.41, 5.74) is 2.16. The van der Waals surface area contributed by atoms with Crippen molar-refractivity contribution < 1.29 is 14.4 Å². The first-order chi connectivity index (χ1) is 13.1. The van der Waals surface area contributed by atoms with Gasteiger partial charge in [-0.3, -0.25) is 19.3 Å². The predicted molar refractivity (Wildman–Crippen MR) is 108 cm³/mol. The molecule has 1 aromatic rings. The van der Waals surface area contributed by atoms with Gasteiger partial charge in [0.05, 0.1) is 11.1 Å². The highest BCUT2D eigenvalue weighted by atomic mass is 32.2. The molecule has 1 aliphatic heterocycles. The second-order valence-corrected chi connectivity index (χ2v) is 7.96. The Hall–Kier alpha value is -2.08. The van der Waals surface area contributed by atoms with Gasteiger partial charge in [0, 0.05) is 6.54 Å². The van der Waals surface area contributed by atoms with E-state index >= 15 is 0 Å². The average Bonchev–Trinajstić information content (AvgIpc) is 2.95. The van der Waals surface area contributed by atoms with E-state index in [1.54, 1.807) is 36.0 Å². The van der Waals surface area contributed by atoms with Crippen molar-refractivity contribution >= 4 is 29.5 Å². The van der Waals surface area contributed by atoms with Crippen molar-refractivity contribution in [2.24, 2.45) is 0 Å². The molecule has 1 N–H and O–H groups in total. The van der Waals surface area contributed by atoms with E-state index in [0.717, 1.165) is 24.2 Å². The van der Waals surface area contributed by atoms with Crippen LogP contribution >= 0.6 is 11.8 Å². The SMILES string of the molecule is CSCCC(C(=O)NCCC1=CCCCC1)N1C(=O)c2ccccc2C1=O. The lowest BCUT2D eigenvalue weighted by atomic mass is 9.97. The normalized spacial score (nSPS) is 17.5. The van der Waals surface area contributed by atoms with Crippen LogP contribution in [0.15, 0.2) is 35.9 Å². The number of amides is 3. The molecule has 5 nitrogen and oxygen atoms in total. The number of rotatable bonds is 8. The summed E-state index contributed by atoms with van der Waals surface area (Å²) >= 11 is 1.60. The summed E-state index contributed by atoms with van der Waals surface area (Å²) in [5.74, 6) is -0.273. The number of fused-ring (bicyclic) bond motifs is 1. The Morgan fingerprint density at radius 2 is 1.89 bits per heavy atom. The molecule has 0 aromatic heterocycles. The van der Waals surface area contributed by atoms with E-state index < -0.39 is 6.04 Å². The second kappa shape index (κ2) is 9.22. The largest absolute Gasteiger partial charge is 0.354 e. The summed E-state index contributed by atoms with van der Waals surface area (Å²) in [4.78, 5) is 39.5. The van der Waals surface area contributed by atoms with Crippen LogP contribution in [0.4, 0.5) is 0 Å². The molecule has 0 saturated heterocycles. The molecule has 3 amide bonds. The standard InChI is InChI=1S/C21H26N2O3S/c1-27-14-12-18(19(24)22-13-11-15-7-3-2-4-8-15)23-20(25)16-9-5-6-10-17(16)21(23)26/h5-7,9-10,18H,2-4,8,11-14H2,1H3,(H,22,24). The fourth-order valence-electron chi connectivity index (χ4n) is 3.69. The fourth-order valence-corrected chi connectivity index (χ4v) is 4.15. The molecule has 27 heavy (non-hydrogen) atoms. The Morgan fingerprint density at radius 3 is 2.48 bits per heavy atom. The van der Waals surface area contributed by atoms with Gasteiger partial charge < -0.3 is 5.32 Å². The molecule has 1 aromatic carbocycles. The monoisotopic (exact) mass is 386 g/mol. The van der Waals surface area contributed by atoms with Gasteiger partial charge in [-0.1, -0.05) is 23.8 Å². The number of nitrogens with zero attached hydrogens (tertiary/aromatic N) is 1. The third-order valence-electron chi connectivity index (χ3n) is 5.17. The fraction of sp³-hybridized carbons (Fsp3) is 0.476. The van der Waals surface area contributed by atoms with E-state index in [4.69, 9.17) is 0 Å². The number of thioether (sulfide) groups is 1. The number of benzene rings is 1. The molecular weight excluding hydrogens is 360 g/mol. The van der Waals surface area contributed by atoms with E-state index in [1.165, 1.54) is 18.4 Å². The summed E-state index contributed by atoms with van der Waals surface area (Å²) in [6, 6.07) is 6.01. The summed E-state index contributed by atoms with van der Waals surface area (Å²) in [6.45, 7) is 0.545. The Balaban J connectivity index is 1.68. The molecule has 1 unspecified atom stereocenters. The molecule has 0 fully saturated rings. The number of carbonyl (C=O) groups is 3. The lowest BCUT2D eigenvalue weighted by Gasteiger charge is -2.25.